The SMILES string of the molecule is Cc1noc(C)c1-c1cc(C(N)=O)c2c(c1)-c1ccc(C(=O)N3C[C@@H](C)O[C@@H](C)C3)cc1C2. The maximum atomic E-state index is 13.2. The number of hydrogen-bond acceptors (Lipinski definition) is 5. The Morgan fingerprint density at radius 2 is 1.79 bits per heavy atom. The summed E-state index contributed by atoms with van der Waals surface area (Å²) in [5.74, 6) is 0.221. The van der Waals surface area contributed by atoms with Crippen LogP contribution in [0.25, 0.3) is 22.3 Å². The van der Waals surface area contributed by atoms with E-state index in [0.29, 0.717) is 36.4 Å². The van der Waals surface area contributed by atoms with Crippen LogP contribution in [0.1, 0.15) is 57.1 Å². The zero-order valence-corrected chi connectivity index (χ0v) is 19.3. The summed E-state index contributed by atoms with van der Waals surface area (Å²) in [5.41, 5.74) is 13.3. The normalized spacial score (nSPS) is 19.3. The fourth-order valence-corrected chi connectivity index (χ4v) is 5.21. The highest BCUT2D eigenvalue weighted by Crippen LogP contribution is 2.42. The summed E-state index contributed by atoms with van der Waals surface area (Å²) in [6, 6.07) is 9.68. The number of fused-ring (bicyclic) bond motifs is 3. The van der Waals surface area contributed by atoms with Crippen molar-refractivity contribution in [2.75, 3.05) is 13.1 Å². The van der Waals surface area contributed by atoms with Crippen LogP contribution in [0.5, 0.6) is 0 Å². The van der Waals surface area contributed by atoms with Gasteiger partial charge < -0.3 is 19.9 Å². The molecule has 1 aliphatic carbocycles. The van der Waals surface area contributed by atoms with Crippen molar-refractivity contribution in [1.82, 2.24) is 10.1 Å². The van der Waals surface area contributed by atoms with Crippen molar-refractivity contribution in [1.29, 1.82) is 0 Å². The predicted molar refractivity (Wildman–Crippen MR) is 124 cm³/mol. The van der Waals surface area contributed by atoms with E-state index in [2.05, 4.69) is 11.2 Å². The van der Waals surface area contributed by atoms with E-state index in [9.17, 15) is 9.59 Å². The molecule has 2 aromatic carbocycles. The maximum Gasteiger partial charge on any atom is 0.254 e. The van der Waals surface area contributed by atoms with Gasteiger partial charge in [-0.25, -0.2) is 0 Å². The Balaban J connectivity index is 1.55. The Kier molecular flexibility index (Phi) is 5.09. The first-order chi connectivity index (χ1) is 15.7. The van der Waals surface area contributed by atoms with Crippen molar-refractivity contribution in [3.8, 4) is 22.3 Å². The number of nitrogens with two attached hydrogens (primary N) is 1. The highest BCUT2D eigenvalue weighted by molar-refractivity contribution is 6.01. The molecule has 0 unspecified atom stereocenters. The van der Waals surface area contributed by atoms with Crippen LogP contribution in [0.4, 0.5) is 0 Å². The second-order valence-corrected chi connectivity index (χ2v) is 9.13. The molecule has 1 saturated heterocycles. The summed E-state index contributed by atoms with van der Waals surface area (Å²) >= 11 is 0. The molecule has 0 saturated carbocycles. The second-order valence-electron chi connectivity index (χ2n) is 9.13. The number of rotatable bonds is 3. The van der Waals surface area contributed by atoms with Crippen LogP contribution in [0.15, 0.2) is 34.9 Å². The van der Waals surface area contributed by atoms with Crippen LogP contribution >= 0.6 is 0 Å². The van der Waals surface area contributed by atoms with Gasteiger partial charge in [0.1, 0.15) is 5.76 Å². The summed E-state index contributed by atoms with van der Waals surface area (Å²) in [5, 5.41) is 4.05. The minimum absolute atomic E-state index is 0.00212. The molecule has 2 heterocycles. The first-order valence-corrected chi connectivity index (χ1v) is 11.2. The van der Waals surface area contributed by atoms with Crippen LogP contribution in [0, 0.1) is 13.8 Å². The van der Waals surface area contributed by atoms with E-state index in [-0.39, 0.29) is 18.1 Å². The van der Waals surface area contributed by atoms with Crippen molar-refractivity contribution < 1.29 is 18.8 Å². The monoisotopic (exact) mass is 445 g/mol. The molecule has 2 amide bonds. The number of carbonyl (C=O) groups excluding carboxylic acids is 2. The summed E-state index contributed by atoms with van der Waals surface area (Å²) in [6.07, 6.45) is 0.580. The number of ether oxygens (including phenoxy) is 1. The number of nitrogens with zero attached hydrogens (tertiary/aromatic N) is 2. The molecule has 33 heavy (non-hydrogen) atoms. The quantitative estimate of drug-likeness (QED) is 0.516. The van der Waals surface area contributed by atoms with Crippen LogP contribution in [-0.4, -0.2) is 47.2 Å². The molecular weight excluding hydrogens is 418 g/mol. The van der Waals surface area contributed by atoms with Crippen LogP contribution in [0.3, 0.4) is 0 Å². The van der Waals surface area contributed by atoms with E-state index < -0.39 is 5.91 Å². The Bertz CT molecular complexity index is 1260. The third kappa shape index (κ3) is 3.62. The Morgan fingerprint density at radius 1 is 1.06 bits per heavy atom. The summed E-state index contributed by atoms with van der Waals surface area (Å²) in [6.45, 7) is 8.85. The third-order valence-electron chi connectivity index (χ3n) is 6.55. The average Bonchev–Trinajstić information content (AvgIpc) is 3.30. The van der Waals surface area contributed by atoms with Gasteiger partial charge in [-0.2, -0.15) is 0 Å². The lowest BCUT2D eigenvalue weighted by molar-refractivity contribution is -0.0586. The third-order valence-corrected chi connectivity index (χ3v) is 6.55. The van der Waals surface area contributed by atoms with E-state index in [0.717, 1.165) is 39.1 Å². The smallest absolute Gasteiger partial charge is 0.254 e. The van der Waals surface area contributed by atoms with E-state index >= 15 is 0 Å². The molecular formula is C26H27N3O4. The van der Waals surface area contributed by atoms with Crippen LogP contribution < -0.4 is 5.73 Å². The Hall–Kier alpha value is -3.45. The average molecular weight is 446 g/mol. The number of primary amides is 1. The lowest BCUT2D eigenvalue weighted by Gasteiger charge is -2.35. The fourth-order valence-electron chi connectivity index (χ4n) is 5.21. The summed E-state index contributed by atoms with van der Waals surface area (Å²) in [7, 11) is 0. The molecule has 2 N–H and O–H groups in total. The second kappa shape index (κ2) is 7.85. The minimum atomic E-state index is -0.472. The van der Waals surface area contributed by atoms with Crippen LogP contribution in [-0.2, 0) is 11.2 Å². The lowest BCUT2D eigenvalue weighted by atomic mass is 9.93. The molecule has 7 heteroatoms. The number of amides is 2. The first-order valence-electron chi connectivity index (χ1n) is 11.2. The summed E-state index contributed by atoms with van der Waals surface area (Å²) < 4.78 is 11.1. The minimum Gasteiger partial charge on any atom is -0.372 e. The molecule has 1 fully saturated rings. The first kappa shape index (κ1) is 21.4. The molecule has 0 radical (unpaired) electrons. The van der Waals surface area contributed by atoms with Gasteiger partial charge in [-0.05, 0) is 86.2 Å². The van der Waals surface area contributed by atoms with Gasteiger partial charge in [0, 0.05) is 29.8 Å². The number of carbonyl (C=O) groups is 2. The van der Waals surface area contributed by atoms with Crippen molar-refractivity contribution >= 4 is 11.8 Å². The van der Waals surface area contributed by atoms with Gasteiger partial charge >= 0.3 is 0 Å². The number of hydrogen-bond donors (Lipinski definition) is 1. The largest absolute Gasteiger partial charge is 0.372 e. The lowest BCUT2D eigenvalue weighted by Crippen LogP contribution is -2.48. The molecule has 170 valence electrons. The highest BCUT2D eigenvalue weighted by atomic mass is 16.5. The standard InChI is InChI=1S/C26H27N3O4/c1-13-11-29(12-14(2)32-13)26(31)17-5-6-20-18(7-17)8-22-21(20)9-19(10-23(22)25(27)30)24-15(3)28-33-16(24)4/h5-7,9-10,13-14H,8,11-12H2,1-4H3,(H2,27,30)/t13-,14+. The number of aryl methyl sites for hydroxylation is 2. The molecule has 7 nitrogen and oxygen atoms in total. The van der Waals surface area contributed by atoms with Gasteiger partial charge in [0.25, 0.3) is 5.91 Å². The predicted octanol–water partition coefficient (Wildman–Crippen LogP) is 3.88. The van der Waals surface area contributed by atoms with Gasteiger partial charge in [-0.3, -0.25) is 9.59 Å². The maximum absolute atomic E-state index is 13.2. The van der Waals surface area contributed by atoms with Gasteiger partial charge in [-0.1, -0.05) is 11.2 Å². The molecule has 2 aliphatic rings. The van der Waals surface area contributed by atoms with Crippen LogP contribution in [0.2, 0.25) is 0 Å². The van der Waals surface area contributed by atoms with Crippen molar-refractivity contribution in [2.24, 2.45) is 5.73 Å². The highest BCUT2D eigenvalue weighted by Gasteiger charge is 2.29. The number of aromatic nitrogens is 1. The van der Waals surface area contributed by atoms with E-state index in [1.807, 2.05) is 56.9 Å². The van der Waals surface area contributed by atoms with Crippen molar-refractivity contribution in [2.45, 2.75) is 46.3 Å². The van der Waals surface area contributed by atoms with Gasteiger partial charge in [-0.15, -0.1) is 0 Å². The Labute approximate surface area is 192 Å². The molecule has 0 bridgehead atoms. The van der Waals surface area contributed by atoms with Crippen molar-refractivity contribution in [3.05, 3.63) is 64.0 Å². The molecule has 2 atom stereocenters. The van der Waals surface area contributed by atoms with Gasteiger partial charge in [0.15, 0.2) is 0 Å². The molecule has 5 rings (SSSR count). The molecule has 3 aromatic rings. The van der Waals surface area contributed by atoms with E-state index in [1.54, 1.807) is 0 Å². The topological polar surface area (TPSA) is 98.7 Å². The Morgan fingerprint density at radius 3 is 2.42 bits per heavy atom. The molecule has 1 aromatic heterocycles. The molecule has 1 aliphatic heterocycles. The van der Waals surface area contributed by atoms with Crippen molar-refractivity contribution in [3.63, 3.8) is 0 Å². The van der Waals surface area contributed by atoms with E-state index in [4.69, 9.17) is 15.0 Å². The fraction of sp³-hybridized carbons (Fsp3) is 0.346. The molecule has 0 spiro atoms. The van der Waals surface area contributed by atoms with Gasteiger partial charge in [0.2, 0.25) is 5.91 Å². The number of morpholine rings is 1. The zero-order chi connectivity index (χ0) is 23.4. The number of benzene rings is 2. The summed E-state index contributed by atoms with van der Waals surface area (Å²) in [4.78, 5) is 27.4. The van der Waals surface area contributed by atoms with Gasteiger partial charge in [0.05, 0.1) is 17.9 Å². The van der Waals surface area contributed by atoms with E-state index in [1.165, 1.54) is 0 Å². The zero-order valence-electron chi connectivity index (χ0n) is 19.3.